The van der Waals surface area contributed by atoms with Gasteiger partial charge in [0, 0.05) is 33.6 Å². The van der Waals surface area contributed by atoms with Gasteiger partial charge in [0.2, 0.25) is 5.91 Å². The summed E-state index contributed by atoms with van der Waals surface area (Å²) in [5, 5.41) is 4.92. The molecule has 1 aliphatic rings. The van der Waals surface area contributed by atoms with E-state index in [0.29, 0.717) is 46.8 Å². The Labute approximate surface area is 198 Å². The number of hydrogen-bond donors (Lipinski definition) is 2. The van der Waals surface area contributed by atoms with Gasteiger partial charge < -0.3 is 10.3 Å². The first-order chi connectivity index (χ1) is 15.0. The number of rotatable bonds is 8. The van der Waals surface area contributed by atoms with Crippen molar-refractivity contribution < 1.29 is 4.79 Å². The lowest BCUT2D eigenvalue weighted by Crippen LogP contribution is -2.26. The maximum Gasteiger partial charge on any atom is 0.259 e. The molecule has 0 bridgehead atoms. The van der Waals surface area contributed by atoms with Crippen molar-refractivity contribution in [2.45, 2.75) is 44.3 Å². The van der Waals surface area contributed by atoms with Gasteiger partial charge in [-0.1, -0.05) is 29.3 Å². The standard InChI is InChI=1S/C22H23Cl2N3O2S2/c23-14-6-5-13(16(24)11-14)7-9-25-19(28)8-10-30-12-18-26-21(29)20-15-3-1-2-4-17(15)31-22(20)27-18/h5-6,11H,1-4,7-10,12H2,(H,25,28)(H,26,27,29). The van der Waals surface area contributed by atoms with Crippen LogP contribution in [0.4, 0.5) is 0 Å². The molecule has 0 unspecified atom stereocenters. The first kappa shape index (κ1) is 22.6. The Kier molecular flexibility index (Phi) is 7.59. The molecule has 0 saturated heterocycles. The Morgan fingerprint density at radius 1 is 1.26 bits per heavy atom. The zero-order chi connectivity index (χ0) is 21.8. The summed E-state index contributed by atoms with van der Waals surface area (Å²) in [5.41, 5.74) is 2.13. The Balaban J connectivity index is 1.23. The third kappa shape index (κ3) is 5.64. The Morgan fingerprint density at radius 2 is 2.10 bits per heavy atom. The minimum atomic E-state index is -0.0291. The zero-order valence-corrected chi connectivity index (χ0v) is 20.1. The van der Waals surface area contributed by atoms with Crippen molar-refractivity contribution in [3.05, 3.63) is 60.4 Å². The van der Waals surface area contributed by atoms with Crippen LogP contribution in [-0.2, 0) is 29.8 Å². The molecule has 3 aromatic rings. The fraction of sp³-hybridized carbons (Fsp3) is 0.409. The summed E-state index contributed by atoms with van der Waals surface area (Å²) in [5.74, 6) is 1.93. The number of nitrogens with zero attached hydrogens (tertiary/aromatic N) is 1. The van der Waals surface area contributed by atoms with Crippen LogP contribution in [0.5, 0.6) is 0 Å². The van der Waals surface area contributed by atoms with Crippen molar-refractivity contribution in [2.75, 3.05) is 12.3 Å². The molecule has 9 heteroatoms. The molecule has 0 atom stereocenters. The number of benzene rings is 1. The van der Waals surface area contributed by atoms with Crippen LogP contribution in [0.3, 0.4) is 0 Å². The first-order valence-corrected chi connectivity index (χ1v) is 13.1. The monoisotopic (exact) mass is 495 g/mol. The predicted octanol–water partition coefficient (Wildman–Crippen LogP) is 5.15. The molecule has 0 radical (unpaired) electrons. The number of carbonyl (C=O) groups is 1. The average molecular weight is 496 g/mol. The van der Waals surface area contributed by atoms with Gasteiger partial charge in [-0.15, -0.1) is 11.3 Å². The highest BCUT2D eigenvalue weighted by Gasteiger charge is 2.19. The minimum absolute atomic E-state index is 0.000391. The van der Waals surface area contributed by atoms with E-state index >= 15 is 0 Å². The number of aromatic nitrogens is 2. The SMILES string of the molecule is O=C(CCSCc1nc2sc3c(c2c(=O)[nH]1)CCCC3)NCCc1ccc(Cl)cc1Cl. The highest BCUT2D eigenvalue weighted by molar-refractivity contribution is 7.98. The van der Waals surface area contributed by atoms with Crippen molar-refractivity contribution in [3.63, 3.8) is 0 Å². The third-order valence-corrected chi connectivity index (χ3v) is 8.06. The lowest BCUT2D eigenvalue weighted by molar-refractivity contribution is -0.120. The van der Waals surface area contributed by atoms with Crippen molar-refractivity contribution in [1.29, 1.82) is 0 Å². The largest absolute Gasteiger partial charge is 0.356 e. The summed E-state index contributed by atoms with van der Waals surface area (Å²) in [6.45, 7) is 0.527. The quantitative estimate of drug-likeness (QED) is 0.423. The number of carbonyl (C=O) groups excluding carboxylic acids is 1. The number of hydrogen-bond acceptors (Lipinski definition) is 5. The van der Waals surface area contributed by atoms with Crippen molar-refractivity contribution in [3.8, 4) is 0 Å². The zero-order valence-electron chi connectivity index (χ0n) is 16.9. The fourth-order valence-corrected chi connectivity index (χ4v) is 6.35. The second-order valence-electron chi connectivity index (χ2n) is 7.54. The molecule has 0 saturated carbocycles. The Bertz CT molecular complexity index is 1160. The van der Waals surface area contributed by atoms with E-state index in [1.165, 1.54) is 16.9 Å². The van der Waals surface area contributed by atoms with E-state index in [9.17, 15) is 9.59 Å². The molecule has 0 fully saturated rings. The van der Waals surface area contributed by atoms with Crippen molar-refractivity contribution >= 4 is 62.4 Å². The number of halogens is 2. The van der Waals surface area contributed by atoms with Crippen molar-refractivity contribution in [1.82, 2.24) is 15.3 Å². The maximum atomic E-state index is 12.6. The fourth-order valence-electron chi connectivity index (χ4n) is 3.76. The second kappa shape index (κ2) is 10.4. The number of fused-ring (bicyclic) bond motifs is 3. The van der Waals surface area contributed by atoms with Gasteiger partial charge in [0.05, 0.1) is 11.1 Å². The number of nitrogens with one attached hydrogen (secondary N) is 2. The van der Waals surface area contributed by atoms with Gasteiger partial charge in [-0.3, -0.25) is 9.59 Å². The minimum Gasteiger partial charge on any atom is -0.356 e. The number of amides is 1. The Morgan fingerprint density at radius 3 is 2.94 bits per heavy atom. The van der Waals surface area contributed by atoms with Gasteiger partial charge in [0.1, 0.15) is 10.7 Å². The summed E-state index contributed by atoms with van der Waals surface area (Å²) in [6.07, 6.45) is 5.44. The molecular weight excluding hydrogens is 473 g/mol. The van der Waals surface area contributed by atoms with Gasteiger partial charge in [0.25, 0.3) is 5.56 Å². The molecule has 2 N–H and O–H groups in total. The third-order valence-electron chi connectivity index (χ3n) is 5.32. The van der Waals surface area contributed by atoms with Gasteiger partial charge in [-0.25, -0.2) is 4.98 Å². The van der Waals surface area contributed by atoms with E-state index in [2.05, 4.69) is 15.3 Å². The van der Waals surface area contributed by atoms with Crippen LogP contribution < -0.4 is 10.9 Å². The summed E-state index contributed by atoms with van der Waals surface area (Å²) in [6, 6.07) is 5.38. The number of aromatic amines is 1. The van der Waals surface area contributed by atoms with Gasteiger partial charge in [0.15, 0.2) is 0 Å². The molecule has 1 amide bonds. The van der Waals surface area contributed by atoms with Crippen LogP contribution in [0.25, 0.3) is 10.2 Å². The van der Waals surface area contributed by atoms with Crippen molar-refractivity contribution in [2.24, 2.45) is 0 Å². The highest BCUT2D eigenvalue weighted by atomic mass is 35.5. The number of aryl methyl sites for hydroxylation is 2. The van der Waals surface area contributed by atoms with Crippen LogP contribution in [0.15, 0.2) is 23.0 Å². The van der Waals surface area contributed by atoms with E-state index in [1.54, 1.807) is 35.2 Å². The van der Waals surface area contributed by atoms with E-state index in [1.807, 2.05) is 6.07 Å². The van der Waals surface area contributed by atoms with E-state index in [0.717, 1.165) is 35.0 Å². The van der Waals surface area contributed by atoms with Crippen LogP contribution >= 0.6 is 46.3 Å². The molecule has 2 heterocycles. The topological polar surface area (TPSA) is 74.8 Å². The lowest BCUT2D eigenvalue weighted by Gasteiger charge is -2.09. The average Bonchev–Trinajstić information content (AvgIpc) is 3.11. The molecule has 0 aliphatic heterocycles. The van der Waals surface area contributed by atoms with E-state index < -0.39 is 0 Å². The van der Waals surface area contributed by atoms with Crippen LogP contribution in [-0.4, -0.2) is 28.2 Å². The first-order valence-electron chi connectivity index (χ1n) is 10.3. The van der Waals surface area contributed by atoms with Crippen LogP contribution in [0, 0.1) is 0 Å². The highest BCUT2D eigenvalue weighted by Crippen LogP contribution is 2.33. The molecule has 4 rings (SSSR count). The Hall–Kier alpha value is -1.54. The molecule has 1 aliphatic carbocycles. The normalized spacial score (nSPS) is 13.4. The number of thiophene rings is 1. The summed E-state index contributed by atoms with van der Waals surface area (Å²) in [4.78, 5) is 34.4. The number of thioether (sulfide) groups is 1. The molecule has 5 nitrogen and oxygen atoms in total. The van der Waals surface area contributed by atoms with Gasteiger partial charge >= 0.3 is 0 Å². The smallest absolute Gasteiger partial charge is 0.259 e. The summed E-state index contributed by atoms with van der Waals surface area (Å²) in [7, 11) is 0. The van der Waals surface area contributed by atoms with E-state index in [4.69, 9.17) is 23.2 Å². The molecule has 0 spiro atoms. The van der Waals surface area contributed by atoms with Crippen LogP contribution in [0.2, 0.25) is 10.0 Å². The second-order valence-corrected chi connectivity index (χ2v) is 10.6. The van der Waals surface area contributed by atoms with Gasteiger partial charge in [-0.2, -0.15) is 11.8 Å². The van der Waals surface area contributed by atoms with Gasteiger partial charge in [-0.05, 0) is 55.4 Å². The van der Waals surface area contributed by atoms with Crippen LogP contribution in [0.1, 0.15) is 41.1 Å². The summed E-state index contributed by atoms with van der Waals surface area (Å²) < 4.78 is 0. The summed E-state index contributed by atoms with van der Waals surface area (Å²) >= 11 is 15.3. The maximum absolute atomic E-state index is 12.6. The predicted molar refractivity (Wildman–Crippen MR) is 131 cm³/mol. The van der Waals surface area contributed by atoms with E-state index in [-0.39, 0.29) is 11.5 Å². The lowest BCUT2D eigenvalue weighted by atomic mass is 9.97. The molecule has 1 aromatic carbocycles. The molecular formula is C22H23Cl2N3O2S2. The molecule has 31 heavy (non-hydrogen) atoms. The number of H-pyrrole nitrogens is 1. The molecule has 164 valence electrons. The molecule has 2 aromatic heterocycles.